The summed E-state index contributed by atoms with van der Waals surface area (Å²) in [5, 5.41) is 15.3. The number of rotatable bonds is 13. The number of aliphatic carboxylic acids is 1. The molecule has 0 radical (unpaired) electrons. The predicted molar refractivity (Wildman–Crippen MR) is 113 cm³/mol. The Balaban J connectivity index is 1.61. The van der Waals surface area contributed by atoms with Crippen LogP contribution in [-0.4, -0.2) is 47.8 Å². The first-order valence-electron chi connectivity index (χ1n) is 10.9. The molecule has 1 aromatic rings. The molecule has 0 saturated heterocycles. The minimum absolute atomic E-state index is 0.134. The standard InChI is InChI=1S/C22H35N3O4/c1-3-16(4-2)21(26)25-19(22(27)28)12-15-29-14-6-5-9-18-11-10-17-8-7-13-23-20(17)24-18/h10-11,16,19H,3-9,12-15H2,1-2H3,(H,23,24)(H,25,26)(H,27,28)/t19-/m0/s1. The lowest BCUT2D eigenvalue weighted by Gasteiger charge is -2.18. The molecular weight excluding hydrogens is 370 g/mol. The third kappa shape index (κ3) is 7.65. The Kier molecular flexibility index (Phi) is 9.91. The summed E-state index contributed by atoms with van der Waals surface area (Å²) in [5.74, 6) is -0.306. The molecular formula is C22H35N3O4. The van der Waals surface area contributed by atoms with Crippen molar-refractivity contribution in [2.24, 2.45) is 5.92 Å². The van der Waals surface area contributed by atoms with Gasteiger partial charge < -0.3 is 20.5 Å². The fraction of sp³-hybridized carbons (Fsp3) is 0.682. The quantitative estimate of drug-likeness (QED) is 0.436. The van der Waals surface area contributed by atoms with E-state index in [0.717, 1.165) is 50.2 Å². The van der Waals surface area contributed by atoms with Gasteiger partial charge in [0.1, 0.15) is 11.9 Å². The van der Waals surface area contributed by atoms with Gasteiger partial charge in [0.15, 0.2) is 0 Å². The van der Waals surface area contributed by atoms with E-state index in [1.807, 2.05) is 13.8 Å². The zero-order valence-electron chi connectivity index (χ0n) is 17.7. The van der Waals surface area contributed by atoms with Crippen LogP contribution in [0.4, 0.5) is 5.82 Å². The minimum Gasteiger partial charge on any atom is -0.480 e. The van der Waals surface area contributed by atoms with E-state index in [0.29, 0.717) is 26.1 Å². The van der Waals surface area contributed by atoms with Crippen molar-refractivity contribution in [2.45, 2.75) is 71.3 Å². The molecule has 0 aromatic carbocycles. The Morgan fingerprint density at radius 3 is 2.76 bits per heavy atom. The molecule has 0 unspecified atom stereocenters. The van der Waals surface area contributed by atoms with E-state index in [2.05, 4.69) is 27.8 Å². The van der Waals surface area contributed by atoms with Crippen LogP contribution in [0.1, 0.15) is 63.6 Å². The average Bonchev–Trinajstić information content (AvgIpc) is 2.72. The normalized spacial score (nSPS) is 14.2. The summed E-state index contributed by atoms with van der Waals surface area (Å²) in [6, 6.07) is 3.38. The maximum Gasteiger partial charge on any atom is 0.326 e. The Morgan fingerprint density at radius 1 is 1.24 bits per heavy atom. The molecule has 0 saturated carbocycles. The lowest BCUT2D eigenvalue weighted by Crippen LogP contribution is -2.44. The first-order valence-corrected chi connectivity index (χ1v) is 10.9. The van der Waals surface area contributed by atoms with Crippen LogP contribution < -0.4 is 10.6 Å². The summed E-state index contributed by atoms with van der Waals surface area (Å²) in [7, 11) is 0. The number of aromatic nitrogens is 1. The van der Waals surface area contributed by atoms with Crippen molar-refractivity contribution in [3.63, 3.8) is 0 Å². The molecule has 7 heteroatoms. The topological polar surface area (TPSA) is 101 Å². The maximum atomic E-state index is 12.1. The highest BCUT2D eigenvalue weighted by molar-refractivity contribution is 5.84. The van der Waals surface area contributed by atoms with Gasteiger partial charge in [-0.1, -0.05) is 19.9 Å². The van der Waals surface area contributed by atoms with Crippen LogP contribution in [0.5, 0.6) is 0 Å². The van der Waals surface area contributed by atoms with Gasteiger partial charge in [0.2, 0.25) is 5.91 Å². The van der Waals surface area contributed by atoms with Gasteiger partial charge in [0.05, 0.1) is 0 Å². The number of amides is 1. The van der Waals surface area contributed by atoms with E-state index < -0.39 is 12.0 Å². The van der Waals surface area contributed by atoms with Gasteiger partial charge in [-0.25, -0.2) is 9.78 Å². The minimum atomic E-state index is -1.01. The summed E-state index contributed by atoms with van der Waals surface area (Å²) >= 11 is 0. The van der Waals surface area contributed by atoms with Crippen molar-refractivity contribution >= 4 is 17.7 Å². The van der Waals surface area contributed by atoms with Crippen molar-refractivity contribution in [1.82, 2.24) is 10.3 Å². The van der Waals surface area contributed by atoms with E-state index in [-0.39, 0.29) is 18.2 Å². The summed E-state index contributed by atoms with van der Waals surface area (Å²) in [4.78, 5) is 28.2. The molecule has 2 rings (SSSR count). The first kappa shape index (κ1) is 23.1. The Morgan fingerprint density at radius 2 is 2.03 bits per heavy atom. The van der Waals surface area contributed by atoms with E-state index in [1.165, 1.54) is 5.56 Å². The van der Waals surface area contributed by atoms with Crippen LogP contribution >= 0.6 is 0 Å². The average molecular weight is 406 g/mol. The summed E-state index contributed by atoms with van der Waals surface area (Å²) in [6.45, 7) is 5.76. The molecule has 2 heterocycles. The van der Waals surface area contributed by atoms with Crippen molar-refractivity contribution < 1.29 is 19.4 Å². The zero-order chi connectivity index (χ0) is 21.1. The molecule has 162 valence electrons. The fourth-order valence-corrected chi connectivity index (χ4v) is 3.53. The van der Waals surface area contributed by atoms with Crippen molar-refractivity contribution in [3.05, 3.63) is 23.4 Å². The second-order valence-electron chi connectivity index (χ2n) is 7.61. The number of anilines is 1. The number of hydrogen-bond donors (Lipinski definition) is 3. The van der Waals surface area contributed by atoms with Crippen molar-refractivity contribution in [3.8, 4) is 0 Å². The Bertz CT molecular complexity index is 661. The third-order valence-electron chi connectivity index (χ3n) is 5.45. The molecule has 0 fully saturated rings. The summed E-state index contributed by atoms with van der Waals surface area (Å²) in [6.07, 6.45) is 6.72. The number of unbranched alkanes of at least 4 members (excludes halogenated alkanes) is 1. The number of carbonyl (C=O) groups excluding carboxylic acids is 1. The predicted octanol–water partition coefficient (Wildman–Crippen LogP) is 3.17. The Labute approximate surface area is 173 Å². The molecule has 1 aliphatic heterocycles. The highest BCUT2D eigenvalue weighted by Crippen LogP contribution is 2.20. The van der Waals surface area contributed by atoms with Gasteiger partial charge >= 0.3 is 5.97 Å². The number of ether oxygens (including phenoxy) is 1. The number of nitrogens with one attached hydrogen (secondary N) is 2. The van der Waals surface area contributed by atoms with E-state index >= 15 is 0 Å². The van der Waals surface area contributed by atoms with Crippen LogP contribution in [0, 0.1) is 5.92 Å². The molecule has 1 aromatic heterocycles. The molecule has 1 atom stereocenters. The van der Waals surface area contributed by atoms with Crippen LogP contribution in [0.25, 0.3) is 0 Å². The number of carboxylic acids is 1. The monoisotopic (exact) mass is 405 g/mol. The van der Waals surface area contributed by atoms with Crippen molar-refractivity contribution in [2.75, 3.05) is 25.1 Å². The van der Waals surface area contributed by atoms with Gasteiger partial charge in [-0.05, 0) is 56.6 Å². The number of nitrogens with zero attached hydrogens (tertiary/aromatic N) is 1. The fourth-order valence-electron chi connectivity index (χ4n) is 3.53. The molecule has 29 heavy (non-hydrogen) atoms. The highest BCUT2D eigenvalue weighted by atomic mass is 16.5. The molecule has 0 spiro atoms. The van der Waals surface area contributed by atoms with Crippen LogP contribution in [0.2, 0.25) is 0 Å². The van der Waals surface area contributed by atoms with E-state index in [1.54, 1.807) is 0 Å². The second kappa shape index (κ2) is 12.4. The first-order chi connectivity index (χ1) is 14.0. The number of fused-ring (bicyclic) bond motifs is 1. The number of carboxylic acid groups (broad SMARTS) is 1. The maximum absolute atomic E-state index is 12.1. The number of aryl methyl sites for hydroxylation is 2. The van der Waals surface area contributed by atoms with Gasteiger partial charge in [0.25, 0.3) is 0 Å². The molecule has 7 nitrogen and oxygen atoms in total. The largest absolute Gasteiger partial charge is 0.480 e. The van der Waals surface area contributed by atoms with Crippen LogP contribution in [0.3, 0.4) is 0 Å². The number of carbonyl (C=O) groups is 2. The molecule has 3 N–H and O–H groups in total. The Hall–Kier alpha value is -2.15. The van der Waals surface area contributed by atoms with Crippen LogP contribution in [0.15, 0.2) is 12.1 Å². The van der Waals surface area contributed by atoms with E-state index in [4.69, 9.17) is 4.74 Å². The van der Waals surface area contributed by atoms with Crippen molar-refractivity contribution in [1.29, 1.82) is 0 Å². The number of pyridine rings is 1. The van der Waals surface area contributed by atoms with Gasteiger partial charge in [-0.3, -0.25) is 4.79 Å². The van der Waals surface area contributed by atoms with E-state index in [9.17, 15) is 14.7 Å². The number of hydrogen-bond acceptors (Lipinski definition) is 5. The molecule has 0 bridgehead atoms. The van der Waals surface area contributed by atoms with Gasteiger partial charge in [-0.15, -0.1) is 0 Å². The van der Waals surface area contributed by atoms with Gasteiger partial charge in [-0.2, -0.15) is 0 Å². The smallest absolute Gasteiger partial charge is 0.326 e. The SMILES string of the molecule is CCC(CC)C(=O)N[C@@H](CCOCCCCc1ccc2c(n1)NCCC2)C(=O)O. The molecule has 0 aliphatic carbocycles. The third-order valence-corrected chi connectivity index (χ3v) is 5.45. The van der Waals surface area contributed by atoms with Gasteiger partial charge in [0, 0.05) is 37.8 Å². The molecule has 1 aliphatic rings. The van der Waals surface area contributed by atoms with Crippen LogP contribution in [-0.2, 0) is 27.2 Å². The lowest BCUT2D eigenvalue weighted by molar-refractivity contribution is -0.143. The zero-order valence-corrected chi connectivity index (χ0v) is 17.7. The summed E-state index contributed by atoms with van der Waals surface area (Å²) in [5.41, 5.74) is 2.39. The lowest BCUT2D eigenvalue weighted by atomic mass is 10.0. The second-order valence-corrected chi connectivity index (χ2v) is 7.61. The molecule has 1 amide bonds. The summed E-state index contributed by atoms with van der Waals surface area (Å²) < 4.78 is 5.59. The highest BCUT2D eigenvalue weighted by Gasteiger charge is 2.23.